The Morgan fingerprint density at radius 2 is 2.04 bits per heavy atom. The maximum absolute atomic E-state index is 12.6. The highest BCUT2D eigenvalue weighted by Gasteiger charge is 2.15. The predicted molar refractivity (Wildman–Crippen MR) is 102 cm³/mol. The molecule has 0 bridgehead atoms. The van der Waals surface area contributed by atoms with Gasteiger partial charge in [0.15, 0.2) is 0 Å². The van der Waals surface area contributed by atoms with Crippen molar-refractivity contribution >= 4 is 17.7 Å². The highest BCUT2D eigenvalue weighted by Crippen LogP contribution is 2.24. The number of thioether (sulfide) groups is 1. The van der Waals surface area contributed by atoms with Crippen LogP contribution < -0.4 is 5.32 Å². The van der Waals surface area contributed by atoms with Crippen molar-refractivity contribution in [1.82, 2.24) is 15.5 Å². The molecule has 0 aliphatic heterocycles. The Morgan fingerprint density at radius 1 is 1.23 bits per heavy atom. The molecule has 1 amide bonds. The lowest BCUT2D eigenvalue weighted by Gasteiger charge is -2.14. The lowest BCUT2D eigenvalue weighted by atomic mass is 10.0. The molecule has 3 aromatic rings. The first-order valence-corrected chi connectivity index (χ1v) is 9.45. The number of hydrogen-bond acceptors (Lipinski definition) is 5. The van der Waals surface area contributed by atoms with Crippen LogP contribution >= 0.6 is 11.8 Å². The van der Waals surface area contributed by atoms with Crippen molar-refractivity contribution < 1.29 is 9.32 Å². The van der Waals surface area contributed by atoms with E-state index in [1.165, 1.54) is 17.3 Å². The molecule has 1 aromatic carbocycles. The van der Waals surface area contributed by atoms with Crippen LogP contribution in [0.1, 0.15) is 40.2 Å². The van der Waals surface area contributed by atoms with Crippen LogP contribution in [0.5, 0.6) is 0 Å². The van der Waals surface area contributed by atoms with Crippen molar-refractivity contribution in [2.45, 2.75) is 30.5 Å². The lowest BCUT2D eigenvalue weighted by molar-refractivity contribution is 0.0948. The summed E-state index contributed by atoms with van der Waals surface area (Å²) in [5.41, 5.74) is 2.62. The first-order valence-electron chi connectivity index (χ1n) is 8.46. The third kappa shape index (κ3) is 4.73. The second-order valence-electron chi connectivity index (χ2n) is 6.10. The van der Waals surface area contributed by atoms with E-state index in [0.29, 0.717) is 22.9 Å². The quantitative estimate of drug-likeness (QED) is 0.634. The molecule has 3 rings (SSSR count). The van der Waals surface area contributed by atoms with E-state index in [1.807, 2.05) is 31.2 Å². The van der Waals surface area contributed by atoms with Gasteiger partial charge in [-0.05, 0) is 30.5 Å². The van der Waals surface area contributed by atoms with Crippen molar-refractivity contribution in [3.05, 3.63) is 77.3 Å². The highest BCUT2D eigenvalue weighted by molar-refractivity contribution is 7.98. The summed E-state index contributed by atoms with van der Waals surface area (Å²) >= 11 is 1.48. The summed E-state index contributed by atoms with van der Waals surface area (Å²) in [6, 6.07) is 15.6. The molecule has 6 heteroatoms. The Hall–Kier alpha value is -2.60. The number of nitrogens with one attached hydrogen (secondary N) is 1. The van der Waals surface area contributed by atoms with Gasteiger partial charge in [0.05, 0.1) is 11.3 Å². The SMILES string of the molecule is Cc1cc(CSc2ncccc2C(=O)NCC(C)c2ccccc2)no1. The van der Waals surface area contributed by atoms with E-state index in [2.05, 4.69) is 34.5 Å². The minimum Gasteiger partial charge on any atom is -0.361 e. The number of aryl methyl sites for hydroxylation is 1. The number of carbonyl (C=O) groups is 1. The third-order valence-corrected chi connectivity index (χ3v) is 5.03. The Bertz CT molecular complexity index is 864. The monoisotopic (exact) mass is 367 g/mol. The molecule has 0 fully saturated rings. The van der Waals surface area contributed by atoms with E-state index >= 15 is 0 Å². The molecule has 1 N–H and O–H groups in total. The number of aromatic nitrogens is 2. The molecule has 0 aliphatic rings. The molecule has 0 saturated heterocycles. The van der Waals surface area contributed by atoms with Gasteiger partial charge in [0.1, 0.15) is 10.8 Å². The average Bonchev–Trinajstić information content (AvgIpc) is 3.10. The zero-order valence-electron chi connectivity index (χ0n) is 14.8. The van der Waals surface area contributed by atoms with E-state index < -0.39 is 0 Å². The summed E-state index contributed by atoms with van der Waals surface area (Å²) in [6.07, 6.45) is 1.69. The van der Waals surface area contributed by atoms with Gasteiger partial charge >= 0.3 is 0 Å². The maximum Gasteiger partial charge on any atom is 0.254 e. The number of benzene rings is 1. The summed E-state index contributed by atoms with van der Waals surface area (Å²) in [4.78, 5) is 17.0. The summed E-state index contributed by atoms with van der Waals surface area (Å²) in [5, 5.41) is 7.68. The van der Waals surface area contributed by atoms with Gasteiger partial charge in [-0.1, -0.05) is 54.2 Å². The summed E-state index contributed by atoms with van der Waals surface area (Å²) in [7, 11) is 0. The first kappa shape index (κ1) is 18.2. The van der Waals surface area contributed by atoms with E-state index in [9.17, 15) is 4.79 Å². The van der Waals surface area contributed by atoms with Crippen LogP contribution in [0.3, 0.4) is 0 Å². The van der Waals surface area contributed by atoms with Crippen LogP contribution in [0.25, 0.3) is 0 Å². The van der Waals surface area contributed by atoms with Gasteiger partial charge in [-0.2, -0.15) is 0 Å². The molecule has 5 nitrogen and oxygen atoms in total. The zero-order valence-corrected chi connectivity index (χ0v) is 15.6. The van der Waals surface area contributed by atoms with Crippen LogP contribution in [0, 0.1) is 6.92 Å². The highest BCUT2D eigenvalue weighted by atomic mass is 32.2. The summed E-state index contributed by atoms with van der Waals surface area (Å²) in [5.74, 6) is 1.51. The Labute approximate surface area is 157 Å². The molecule has 2 aromatic heterocycles. The standard InChI is InChI=1S/C20H21N3O2S/c1-14(16-7-4-3-5-8-16)12-22-19(24)18-9-6-10-21-20(18)26-13-17-11-15(2)25-23-17/h3-11,14H,12-13H2,1-2H3,(H,22,24). The van der Waals surface area contributed by atoms with E-state index in [1.54, 1.807) is 18.3 Å². The van der Waals surface area contributed by atoms with Gasteiger partial charge in [0, 0.05) is 24.6 Å². The Kier molecular flexibility index (Phi) is 6.07. The van der Waals surface area contributed by atoms with Gasteiger partial charge in [-0.3, -0.25) is 4.79 Å². The Balaban J connectivity index is 1.62. The van der Waals surface area contributed by atoms with Gasteiger partial charge in [-0.25, -0.2) is 4.98 Å². The first-order chi connectivity index (χ1) is 12.6. The lowest BCUT2D eigenvalue weighted by Crippen LogP contribution is -2.28. The van der Waals surface area contributed by atoms with Crippen LogP contribution in [0.2, 0.25) is 0 Å². The zero-order chi connectivity index (χ0) is 18.4. The topological polar surface area (TPSA) is 68.0 Å². The minimum atomic E-state index is -0.111. The number of carbonyl (C=O) groups excluding carboxylic acids is 1. The smallest absolute Gasteiger partial charge is 0.254 e. The number of pyridine rings is 1. The normalized spacial score (nSPS) is 11.9. The molecule has 2 heterocycles. The predicted octanol–water partition coefficient (Wildman–Crippen LogP) is 4.20. The Morgan fingerprint density at radius 3 is 2.77 bits per heavy atom. The second kappa shape index (κ2) is 8.67. The van der Waals surface area contributed by atoms with Gasteiger partial charge in [0.2, 0.25) is 0 Å². The minimum absolute atomic E-state index is 0.111. The third-order valence-electron chi connectivity index (χ3n) is 3.99. The van der Waals surface area contributed by atoms with Crippen LogP contribution in [-0.2, 0) is 5.75 Å². The fraction of sp³-hybridized carbons (Fsp3) is 0.250. The average molecular weight is 367 g/mol. The van der Waals surface area contributed by atoms with Crippen molar-refractivity contribution in [3.63, 3.8) is 0 Å². The molecular formula is C20H21N3O2S. The largest absolute Gasteiger partial charge is 0.361 e. The molecule has 1 unspecified atom stereocenters. The number of hydrogen-bond donors (Lipinski definition) is 1. The molecule has 0 radical (unpaired) electrons. The van der Waals surface area contributed by atoms with Crippen LogP contribution in [0.4, 0.5) is 0 Å². The van der Waals surface area contributed by atoms with Crippen molar-refractivity contribution in [2.24, 2.45) is 0 Å². The van der Waals surface area contributed by atoms with Crippen LogP contribution in [0.15, 0.2) is 64.3 Å². The van der Waals surface area contributed by atoms with Crippen LogP contribution in [-0.4, -0.2) is 22.6 Å². The fourth-order valence-corrected chi connectivity index (χ4v) is 3.42. The number of rotatable bonds is 7. The van der Waals surface area contributed by atoms with Crippen molar-refractivity contribution in [3.8, 4) is 0 Å². The molecule has 26 heavy (non-hydrogen) atoms. The van der Waals surface area contributed by atoms with E-state index in [-0.39, 0.29) is 11.8 Å². The molecular weight excluding hydrogens is 346 g/mol. The number of amides is 1. The fourth-order valence-electron chi connectivity index (χ4n) is 2.55. The molecule has 0 saturated carbocycles. The van der Waals surface area contributed by atoms with Crippen molar-refractivity contribution in [1.29, 1.82) is 0 Å². The maximum atomic E-state index is 12.6. The van der Waals surface area contributed by atoms with Gasteiger partial charge in [0.25, 0.3) is 5.91 Å². The summed E-state index contributed by atoms with van der Waals surface area (Å²) < 4.78 is 5.07. The van der Waals surface area contributed by atoms with E-state index in [4.69, 9.17) is 4.52 Å². The van der Waals surface area contributed by atoms with Gasteiger partial charge < -0.3 is 9.84 Å². The molecule has 0 aliphatic carbocycles. The molecule has 134 valence electrons. The second-order valence-corrected chi connectivity index (χ2v) is 7.06. The van der Waals surface area contributed by atoms with Gasteiger partial charge in [-0.15, -0.1) is 0 Å². The summed E-state index contributed by atoms with van der Waals surface area (Å²) in [6.45, 7) is 4.53. The molecule has 1 atom stereocenters. The van der Waals surface area contributed by atoms with E-state index in [0.717, 1.165) is 11.5 Å². The van der Waals surface area contributed by atoms with Crippen molar-refractivity contribution in [2.75, 3.05) is 6.54 Å². The number of nitrogens with zero attached hydrogens (tertiary/aromatic N) is 2. The molecule has 0 spiro atoms.